The zero-order chi connectivity index (χ0) is 58.3. The summed E-state index contributed by atoms with van der Waals surface area (Å²) in [6, 6.07) is 18.2. The van der Waals surface area contributed by atoms with E-state index in [-0.39, 0.29) is 67.4 Å². The Morgan fingerprint density at radius 2 is 1.17 bits per heavy atom. The van der Waals surface area contributed by atoms with Crippen molar-refractivity contribution in [2.75, 3.05) is 20.3 Å². The number of dihydropyridines is 1. The molecule has 2 fully saturated rings. The second kappa shape index (κ2) is 30.3. The smallest absolute Gasteiger partial charge is 0.352 e. The number of terminal acetylenes is 2. The van der Waals surface area contributed by atoms with Crippen molar-refractivity contribution in [1.82, 2.24) is 5.32 Å². The summed E-state index contributed by atoms with van der Waals surface area (Å²) in [5, 5.41) is 12.7. The second-order valence-electron chi connectivity index (χ2n) is 18.9. The number of carbonyl (C=O) groups is 10. The Labute approximate surface area is 449 Å². The number of aliphatic hydroxyl groups is 1. The molecule has 0 aromatic heterocycles. The van der Waals surface area contributed by atoms with Crippen molar-refractivity contribution < 1.29 is 86.2 Å². The van der Waals surface area contributed by atoms with Gasteiger partial charge in [-0.1, -0.05) is 108 Å². The maximum atomic E-state index is 13.4. The van der Waals surface area contributed by atoms with E-state index in [1.165, 1.54) is 34.8 Å². The highest BCUT2D eigenvalue weighted by Crippen LogP contribution is 2.47. The fourth-order valence-corrected chi connectivity index (χ4v) is 7.53. The van der Waals surface area contributed by atoms with E-state index in [4.69, 9.17) is 27.1 Å². The zero-order valence-corrected chi connectivity index (χ0v) is 45.6. The molecule has 0 saturated carbocycles. The highest BCUT2D eigenvalue weighted by Gasteiger charge is 2.44. The van der Waals surface area contributed by atoms with Crippen molar-refractivity contribution in [1.29, 1.82) is 0 Å². The summed E-state index contributed by atoms with van der Waals surface area (Å²) in [5.41, 5.74) is 5.40. The molecule has 0 bridgehead atoms. The molecule has 3 heterocycles. The fraction of sp³-hybridized carbons (Fsp3) is 0.448. The molecule has 19 heteroatoms. The van der Waals surface area contributed by atoms with E-state index in [1.807, 2.05) is 49.4 Å². The predicted octanol–water partition coefficient (Wildman–Crippen LogP) is 7.84. The summed E-state index contributed by atoms with van der Waals surface area (Å²) in [4.78, 5) is 112. The molecule has 4 aliphatic rings. The van der Waals surface area contributed by atoms with E-state index in [1.54, 1.807) is 20.8 Å². The number of hydrogen-bond acceptors (Lipinski definition) is 19. The van der Waals surface area contributed by atoms with Gasteiger partial charge in [0.15, 0.2) is 24.6 Å². The highest BCUT2D eigenvalue weighted by atomic mass is 16.8. The molecular weight excluding hydrogens is 999 g/mol. The third-order valence-corrected chi connectivity index (χ3v) is 11.1. The van der Waals surface area contributed by atoms with Gasteiger partial charge >= 0.3 is 41.8 Å². The summed E-state index contributed by atoms with van der Waals surface area (Å²) in [7, 11) is 1.27. The van der Waals surface area contributed by atoms with Crippen LogP contribution in [-0.2, 0) is 81.1 Å². The molecule has 1 unspecified atom stereocenters. The standard InChI is InChI=1S/C29H29NO3.C9H12O5.C8H10O3.C6H8O4.C6H10O3/c1-5-16-33-28(32)27-22(6-2)30-23-17-29(3,4)18-24(31)26(23)25(27)21-14-12-20(13-15-21)19-10-8-7-9-11-19;1-4-5(10)6-7(11)13-9(2,3)14-8(6)12;1-3-5-11-8(10)6-7(9)4-2;1-6(2)9-4(7)3-5(8)10-6;1-3-5(7)4-6(8)9-2/h1,7-15,25,30H,6,16-18H2,2-4H3;10H,4H2,1-3H3;1H,4-6H2,2H3;3H2,1-2H3;3-4H2,1-2H3. The van der Waals surface area contributed by atoms with Crippen LogP contribution in [0.2, 0.25) is 0 Å². The number of hydrogen-bond donors (Lipinski definition) is 2. The fourth-order valence-electron chi connectivity index (χ4n) is 7.53. The van der Waals surface area contributed by atoms with Gasteiger partial charge in [-0.05, 0) is 34.9 Å². The van der Waals surface area contributed by atoms with Crippen molar-refractivity contribution in [2.45, 2.75) is 145 Å². The number of esters is 7. The number of cyclic esters (lactones) is 4. The first-order valence-corrected chi connectivity index (χ1v) is 24.7. The molecule has 1 atom stereocenters. The number of carbonyl (C=O) groups excluding carboxylic acids is 10. The van der Waals surface area contributed by atoms with E-state index >= 15 is 0 Å². The van der Waals surface area contributed by atoms with Gasteiger partial charge in [-0.2, -0.15) is 0 Å². The average molecular weight is 1070 g/mol. The minimum atomic E-state index is -1.26. The van der Waals surface area contributed by atoms with Crippen LogP contribution in [-0.4, -0.2) is 96.1 Å². The van der Waals surface area contributed by atoms with Crippen LogP contribution in [0.1, 0.15) is 139 Å². The summed E-state index contributed by atoms with van der Waals surface area (Å²) in [5.74, 6) is -2.98. The number of aliphatic hydroxyl groups excluding tert-OH is 1. The number of ketones is 3. The Morgan fingerprint density at radius 1 is 0.675 bits per heavy atom. The van der Waals surface area contributed by atoms with Gasteiger partial charge in [-0.25, -0.2) is 14.4 Å². The van der Waals surface area contributed by atoms with Crippen LogP contribution in [0.3, 0.4) is 0 Å². The molecule has 6 rings (SSSR count). The van der Waals surface area contributed by atoms with Gasteiger partial charge in [0.05, 0.1) is 12.7 Å². The van der Waals surface area contributed by atoms with Crippen molar-refractivity contribution in [3.8, 4) is 35.8 Å². The zero-order valence-electron chi connectivity index (χ0n) is 45.6. The first-order chi connectivity index (χ1) is 36.1. The van der Waals surface area contributed by atoms with Crippen LogP contribution < -0.4 is 5.32 Å². The van der Waals surface area contributed by atoms with E-state index in [2.05, 4.69) is 62.1 Å². The van der Waals surface area contributed by atoms with Crippen molar-refractivity contribution >= 4 is 59.1 Å². The summed E-state index contributed by atoms with van der Waals surface area (Å²) in [6.45, 7) is 17.0. The molecule has 0 radical (unpaired) electrons. The van der Waals surface area contributed by atoms with Crippen LogP contribution in [0.25, 0.3) is 11.1 Å². The lowest BCUT2D eigenvalue weighted by Gasteiger charge is -2.40. The number of rotatable bonds is 13. The first-order valence-electron chi connectivity index (χ1n) is 24.7. The molecule has 19 nitrogen and oxygen atoms in total. The molecule has 0 spiro atoms. The van der Waals surface area contributed by atoms with Gasteiger partial charge in [0.1, 0.15) is 36.6 Å². The Morgan fingerprint density at radius 3 is 1.64 bits per heavy atom. The Hall–Kier alpha value is -8.32. The Balaban J connectivity index is 0.000000379. The second-order valence-corrected chi connectivity index (χ2v) is 18.9. The van der Waals surface area contributed by atoms with Crippen LogP contribution in [0, 0.1) is 30.1 Å². The maximum absolute atomic E-state index is 13.4. The van der Waals surface area contributed by atoms with E-state index in [0.29, 0.717) is 36.8 Å². The summed E-state index contributed by atoms with van der Waals surface area (Å²) in [6.07, 6.45) is 12.4. The molecule has 414 valence electrons. The average Bonchev–Trinajstić information content (AvgIpc) is 3.35. The van der Waals surface area contributed by atoms with Gasteiger partial charge in [0.25, 0.3) is 11.6 Å². The predicted molar refractivity (Wildman–Crippen MR) is 279 cm³/mol. The number of benzene rings is 2. The minimum absolute atomic E-state index is 0.0597. The summed E-state index contributed by atoms with van der Waals surface area (Å²) >= 11 is 0. The van der Waals surface area contributed by atoms with Crippen LogP contribution in [0.5, 0.6) is 0 Å². The molecule has 0 amide bonds. The van der Waals surface area contributed by atoms with Gasteiger partial charge in [-0.3, -0.25) is 33.6 Å². The molecule has 2 aromatic rings. The molecule has 77 heavy (non-hydrogen) atoms. The van der Waals surface area contributed by atoms with Gasteiger partial charge in [0, 0.05) is 76.3 Å². The highest BCUT2D eigenvalue weighted by molar-refractivity contribution is 6.15. The van der Waals surface area contributed by atoms with Crippen LogP contribution in [0.4, 0.5) is 0 Å². The van der Waals surface area contributed by atoms with E-state index < -0.39 is 64.9 Å². The van der Waals surface area contributed by atoms with Gasteiger partial charge in [-0.15, -0.1) is 12.8 Å². The number of allylic oxidation sites excluding steroid dienone is 4. The van der Waals surface area contributed by atoms with Crippen molar-refractivity contribution in [2.24, 2.45) is 5.41 Å². The Bertz CT molecular complexity index is 2650. The molecule has 2 N–H and O–H groups in total. The van der Waals surface area contributed by atoms with Crippen LogP contribution >= 0.6 is 0 Å². The van der Waals surface area contributed by atoms with Gasteiger partial charge < -0.3 is 43.6 Å². The SMILES string of the molecule is C#CCOC(=O)C1=C(CC)NC2=C(C(=O)CC(C)(C)C2)C1c1ccc(-c2ccccc2)cc1.C#CCOC(=O)CC(=O)CC.CC1(C)OC(=O)CC(=O)O1.CCC(=O)CC(=O)OC.CCC(O)=C1C(=O)OC(C)(C)OC1=O. The van der Waals surface area contributed by atoms with Crippen molar-refractivity contribution in [3.63, 3.8) is 0 Å². The topological polar surface area (TPSA) is 268 Å². The summed E-state index contributed by atoms with van der Waals surface area (Å²) < 4.78 is 33.0. The maximum Gasteiger partial charge on any atom is 0.352 e. The van der Waals surface area contributed by atoms with Crippen LogP contribution in [0.15, 0.2) is 88.5 Å². The van der Waals surface area contributed by atoms with Gasteiger partial charge in [0.2, 0.25) is 0 Å². The molecule has 2 aromatic carbocycles. The largest absolute Gasteiger partial charge is 0.511 e. The molecule has 3 aliphatic heterocycles. The lowest BCUT2D eigenvalue weighted by Crippen LogP contribution is -2.42. The monoisotopic (exact) mass is 1070 g/mol. The number of nitrogens with one attached hydrogen (secondary N) is 1. The first kappa shape index (κ1) is 64.8. The third kappa shape index (κ3) is 21.1. The normalized spacial score (nSPS) is 17.2. The quantitative estimate of drug-likeness (QED) is 0.0368. The van der Waals surface area contributed by atoms with E-state index in [0.717, 1.165) is 34.5 Å². The third-order valence-electron chi connectivity index (χ3n) is 11.1. The number of methoxy groups -OCH3 is 1. The molecular formula is C58H69NO18. The molecule has 1 aliphatic carbocycles. The minimum Gasteiger partial charge on any atom is -0.511 e. The van der Waals surface area contributed by atoms with E-state index in [9.17, 15) is 53.1 Å². The lowest BCUT2D eigenvalue weighted by atomic mass is 9.68. The Kier molecular flexibility index (Phi) is 25.5. The van der Waals surface area contributed by atoms with Crippen molar-refractivity contribution in [3.05, 3.63) is 94.0 Å². The lowest BCUT2D eigenvalue weighted by molar-refractivity contribution is -0.231. The number of Topliss-reactive ketones (excluding diaryl/α,β-unsaturated/α-hetero) is 3. The number of ether oxygens (including phenoxy) is 7. The molecule has 2 saturated heterocycles.